The van der Waals surface area contributed by atoms with E-state index in [0.29, 0.717) is 6.54 Å². The van der Waals surface area contributed by atoms with Gasteiger partial charge in [0.2, 0.25) is 0 Å². The molecule has 0 fully saturated rings. The number of carbonyl (C=O) groups excluding carboxylic acids is 1. The third kappa shape index (κ3) is 3.71. The van der Waals surface area contributed by atoms with Crippen LogP contribution in [0.4, 0.5) is 4.79 Å². The van der Waals surface area contributed by atoms with Gasteiger partial charge in [-0.05, 0) is 22.8 Å². The van der Waals surface area contributed by atoms with E-state index in [-0.39, 0.29) is 6.03 Å². The third-order valence-electron chi connectivity index (χ3n) is 3.14. The zero-order chi connectivity index (χ0) is 13.5. The summed E-state index contributed by atoms with van der Waals surface area (Å²) >= 11 is 0. The third-order valence-corrected chi connectivity index (χ3v) is 3.14. The molecule has 2 N–H and O–H groups in total. The summed E-state index contributed by atoms with van der Waals surface area (Å²) in [5, 5.41) is 8.15. The van der Waals surface area contributed by atoms with Crippen molar-refractivity contribution < 1.29 is 4.79 Å². The number of hydrogen-bond acceptors (Lipinski definition) is 1. The first kappa shape index (κ1) is 13.4. The van der Waals surface area contributed by atoms with Crippen LogP contribution in [0.1, 0.15) is 25.3 Å². The Morgan fingerprint density at radius 2 is 1.84 bits per heavy atom. The molecular weight excluding hydrogens is 236 g/mol. The maximum absolute atomic E-state index is 11.6. The van der Waals surface area contributed by atoms with E-state index in [0.717, 1.165) is 24.9 Å². The highest BCUT2D eigenvalue weighted by atomic mass is 16.2. The summed E-state index contributed by atoms with van der Waals surface area (Å²) in [5.41, 5.74) is 1.14. The first-order valence-electron chi connectivity index (χ1n) is 6.79. The van der Waals surface area contributed by atoms with Crippen LogP contribution in [0.15, 0.2) is 42.5 Å². The molecular formula is C16H20N2O. The van der Waals surface area contributed by atoms with Gasteiger partial charge in [0.1, 0.15) is 0 Å². The maximum atomic E-state index is 11.6. The van der Waals surface area contributed by atoms with Gasteiger partial charge in [0.25, 0.3) is 0 Å². The van der Waals surface area contributed by atoms with Crippen molar-refractivity contribution in [1.29, 1.82) is 0 Å². The highest BCUT2D eigenvalue weighted by molar-refractivity contribution is 5.86. The van der Waals surface area contributed by atoms with Gasteiger partial charge in [-0.1, -0.05) is 55.8 Å². The number of carbonyl (C=O) groups is 1. The number of rotatable bonds is 5. The van der Waals surface area contributed by atoms with Crippen LogP contribution < -0.4 is 10.6 Å². The minimum Gasteiger partial charge on any atom is -0.338 e. The topological polar surface area (TPSA) is 41.1 Å². The molecule has 3 heteroatoms. The Morgan fingerprint density at radius 3 is 2.68 bits per heavy atom. The average Bonchev–Trinajstić information content (AvgIpc) is 2.45. The van der Waals surface area contributed by atoms with Gasteiger partial charge in [0, 0.05) is 13.1 Å². The molecule has 2 aromatic rings. The van der Waals surface area contributed by atoms with Crippen LogP contribution in [0.2, 0.25) is 0 Å². The zero-order valence-corrected chi connectivity index (χ0v) is 11.3. The normalized spacial score (nSPS) is 10.4. The lowest BCUT2D eigenvalue weighted by molar-refractivity contribution is 0.240. The molecule has 3 nitrogen and oxygen atoms in total. The summed E-state index contributed by atoms with van der Waals surface area (Å²) in [4.78, 5) is 11.6. The van der Waals surface area contributed by atoms with Gasteiger partial charge < -0.3 is 10.6 Å². The molecule has 2 aromatic carbocycles. The second-order valence-electron chi connectivity index (χ2n) is 4.60. The van der Waals surface area contributed by atoms with Gasteiger partial charge in [-0.2, -0.15) is 0 Å². The van der Waals surface area contributed by atoms with Gasteiger partial charge in [-0.3, -0.25) is 0 Å². The second-order valence-corrected chi connectivity index (χ2v) is 4.60. The van der Waals surface area contributed by atoms with E-state index in [1.54, 1.807) is 0 Å². The van der Waals surface area contributed by atoms with Gasteiger partial charge in [0.05, 0.1) is 0 Å². The Morgan fingerprint density at radius 1 is 1.05 bits per heavy atom. The van der Waals surface area contributed by atoms with E-state index in [2.05, 4.69) is 41.8 Å². The van der Waals surface area contributed by atoms with Crippen LogP contribution in [0.25, 0.3) is 10.8 Å². The van der Waals surface area contributed by atoms with Crippen LogP contribution in [0.3, 0.4) is 0 Å². The smallest absolute Gasteiger partial charge is 0.315 e. The van der Waals surface area contributed by atoms with E-state index < -0.39 is 0 Å². The van der Waals surface area contributed by atoms with Crippen LogP contribution >= 0.6 is 0 Å². The van der Waals surface area contributed by atoms with E-state index in [9.17, 15) is 4.79 Å². The monoisotopic (exact) mass is 256 g/mol. The largest absolute Gasteiger partial charge is 0.338 e. The van der Waals surface area contributed by atoms with Crippen LogP contribution in [0.5, 0.6) is 0 Å². The lowest BCUT2D eigenvalue weighted by Crippen LogP contribution is -2.35. The first-order chi connectivity index (χ1) is 9.31. The molecule has 0 spiro atoms. The lowest BCUT2D eigenvalue weighted by atomic mass is 10.0. The Labute approximate surface area is 114 Å². The van der Waals surface area contributed by atoms with Crippen molar-refractivity contribution >= 4 is 16.8 Å². The maximum Gasteiger partial charge on any atom is 0.315 e. The lowest BCUT2D eigenvalue weighted by Gasteiger charge is -2.09. The van der Waals surface area contributed by atoms with E-state index in [1.807, 2.05) is 18.2 Å². The second kappa shape index (κ2) is 6.78. The van der Waals surface area contributed by atoms with E-state index >= 15 is 0 Å². The fourth-order valence-electron chi connectivity index (χ4n) is 2.06. The van der Waals surface area contributed by atoms with Gasteiger partial charge in [-0.25, -0.2) is 4.79 Å². The number of benzene rings is 2. The van der Waals surface area contributed by atoms with Gasteiger partial charge in [-0.15, -0.1) is 0 Å². The summed E-state index contributed by atoms with van der Waals surface area (Å²) in [7, 11) is 0. The van der Waals surface area contributed by atoms with E-state index in [1.165, 1.54) is 10.8 Å². The SMILES string of the molecule is CCCCNC(=O)NCc1cccc2ccccc12. The van der Waals surface area contributed by atoms with Crippen molar-refractivity contribution in [1.82, 2.24) is 10.6 Å². The Bertz CT molecular complexity index is 546. The molecule has 0 saturated heterocycles. The molecule has 0 bridgehead atoms. The van der Waals surface area contributed by atoms with Crippen LogP contribution in [-0.2, 0) is 6.54 Å². The van der Waals surface area contributed by atoms with Gasteiger partial charge >= 0.3 is 6.03 Å². The average molecular weight is 256 g/mol. The minimum atomic E-state index is -0.0959. The Hall–Kier alpha value is -2.03. The number of unbranched alkanes of at least 4 members (excludes halogenated alkanes) is 1. The summed E-state index contributed by atoms with van der Waals surface area (Å²) < 4.78 is 0. The number of fused-ring (bicyclic) bond motifs is 1. The number of urea groups is 1. The molecule has 0 unspecified atom stereocenters. The molecule has 100 valence electrons. The summed E-state index contributed by atoms with van der Waals surface area (Å²) in [5.74, 6) is 0. The van der Waals surface area contributed by atoms with Crippen molar-refractivity contribution in [3.63, 3.8) is 0 Å². The Kier molecular flexibility index (Phi) is 4.78. The predicted molar refractivity (Wildman–Crippen MR) is 79.1 cm³/mol. The molecule has 0 aliphatic carbocycles. The molecule has 0 atom stereocenters. The molecule has 0 heterocycles. The first-order valence-corrected chi connectivity index (χ1v) is 6.79. The summed E-state index contributed by atoms with van der Waals surface area (Å²) in [6, 6.07) is 14.3. The van der Waals surface area contributed by atoms with Crippen molar-refractivity contribution in [2.45, 2.75) is 26.3 Å². The quantitative estimate of drug-likeness (QED) is 0.790. The minimum absolute atomic E-state index is 0.0959. The number of amides is 2. The fourth-order valence-corrected chi connectivity index (χ4v) is 2.06. The Balaban J connectivity index is 1.96. The molecule has 0 aliphatic heterocycles. The molecule has 19 heavy (non-hydrogen) atoms. The number of hydrogen-bond donors (Lipinski definition) is 2. The predicted octanol–water partition coefficient (Wildman–Crippen LogP) is 3.44. The standard InChI is InChI=1S/C16H20N2O/c1-2-3-11-17-16(19)18-12-14-9-6-8-13-7-4-5-10-15(13)14/h4-10H,2-3,11-12H2,1H3,(H2,17,18,19). The number of nitrogens with one attached hydrogen (secondary N) is 2. The van der Waals surface area contributed by atoms with Crippen molar-refractivity contribution in [2.24, 2.45) is 0 Å². The van der Waals surface area contributed by atoms with Gasteiger partial charge in [0.15, 0.2) is 0 Å². The molecule has 2 amide bonds. The zero-order valence-electron chi connectivity index (χ0n) is 11.3. The van der Waals surface area contributed by atoms with Crippen molar-refractivity contribution in [2.75, 3.05) is 6.54 Å². The highest BCUT2D eigenvalue weighted by Gasteiger charge is 2.02. The fraction of sp³-hybridized carbons (Fsp3) is 0.312. The molecule has 2 rings (SSSR count). The van der Waals surface area contributed by atoms with Crippen LogP contribution in [-0.4, -0.2) is 12.6 Å². The highest BCUT2D eigenvalue weighted by Crippen LogP contribution is 2.17. The summed E-state index contributed by atoms with van der Waals surface area (Å²) in [6.45, 7) is 3.40. The molecule has 0 aliphatic rings. The summed E-state index contributed by atoms with van der Waals surface area (Å²) in [6.07, 6.45) is 2.10. The van der Waals surface area contributed by atoms with Crippen LogP contribution in [0, 0.1) is 0 Å². The van der Waals surface area contributed by atoms with Crippen molar-refractivity contribution in [3.05, 3.63) is 48.0 Å². The van der Waals surface area contributed by atoms with E-state index in [4.69, 9.17) is 0 Å². The molecule has 0 aromatic heterocycles. The van der Waals surface area contributed by atoms with Crippen molar-refractivity contribution in [3.8, 4) is 0 Å². The molecule has 0 radical (unpaired) electrons. The molecule has 0 saturated carbocycles.